The second kappa shape index (κ2) is 15.1. The van der Waals surface area contributed by atoms with Gasteiger partial charge in [0.25, 0.3) is 0 Å². The van der Waals surface area contributed by atoms with Gasteiger partial charge in [0.05, 0.1) is 5.69 Å². The molecule has 1 aromatic heterocycles. The average molecular weight is 766 g/mol. The van der Waals surface area contributed by atoms with E-state index in [0.29, 0.717) is 0 Å². The first kappa shape index (κ1) is 35.2. The van der Waals surface area contributed by atoms with E-state index in [4.69, 9.17) is 4.42 Å². The van der Waals surface area contributed by atoms with Gasteiger partial charge in [-0.15, -0.1) is 0 Å². The number of benzene rings is 10. The maximum Gasteiger partial charge on any atom is 0.143 e. The minimum absolute atomic E-state index is 0.885. The highest BCUT2D eigenvalue weighted by Crippen LogP contribution is 2.47. The molecule has 1 heterocycles. The fourth-order valence-corrected chi connectivity index (χ4v) is 8.90. The highest BCUT2D eigenvalue weighted by molar-refractivity contribution is 6.19. The zero-order chi connectivity index (χ0) is 39.8. The molecule has 60 heavy (non-hydrogen) atoms. The van der Waals surface area contributed by atoms with Gasteiger partial charge in [0.2, 0.25) is 0 Å². The van der Waals surface area contributed by atoms with Crippen molar-refractivity contribution >= 4 is 49.8 Å². The summed E-state index contributed by atoms with van der Waals surface area (Å²) in [6, 6.07) is 84.8. The van der Waals surface area contributed by atoms with E-state index in [9.17, 15) is 0 Å². The Kier molecular flexibility index (Phi) is 8.87. The Labute approximate surface area is 349 Å². The third-order valence-electron chi connectivity index (χ3n) is 11.7. The van der Waals surface area contributed by atoms with Crippen molar-refractivity contribution in [2.45, 2.75) is 0 Å². The molecular weight excluding hydrogens is 727 g/mol. The lowest BCUT2D eigenvalue weighted by Crippen LogP contribution is -2.11. The van der Waals surface area contributed by atoms with E-state index in [2.05, 4.69) is 241 Å². The van der Waals surface area contributed by atoms with Crippen molar-refractivity contribution in [1.82, 2.24) is 0 Å². The van der Waals surface area contributed by atoms with Gasteiger partial charge in [-0.3, -0.25) is 0 Å². The number of furan rings is 1. The number of hydrogen-bond donors (Lipinski definition) is 0. The molecule has 0 amide bonds. The lowest BCUT2D eigenvalue weighted by atomic mass is 9.88. The molecule has 2 nitrogen and oxygen atoms in total. The molecule has 0 spiro atoms. The van der Waals surface area contributed by atoms with Crippen molar-refractivity contribution in [3.63, 3.8) is 0 Å². The summed E-state index contributed by atoms with van der Waals surface area (Å²) in [5, 5.41) is 4.54. The third-order valence-corrected chi connectivity index (χ3v) is 11.7. The maximum absolute atomic E-state index is 6.63. The molecule has 0 aliphatic carbocycles. The SMILES string of the molecule is c1ccc(-c2ccc(N(c3cccc(-c4cccc5oc6c7ccccc7ccc6c45)c3)c3ccccc3-c3ccccc3-c3ccccc3-c3ccccc3)cc2)cc1. The van der Waals surface area contributed by atoms with E-state index in [0.717, 1.165) is 61.1 Å². The summed E-state index contributed by atoms with van der Waals surface area (Å²) in [6.07, 6.45) is 0. The molecule has 0 fully saturated rings. The summed E-state index contributed by atoms with van der Waals surface area (Å²) in [4.78, 5) is 2.41. The molecule has 0 unspecified atom stereocenters. The van der Waals surface area contributed by atoms with E-state index in [1.165, 1.54) is 44.3 Å². The molecule has 0 bridgehead atoms. The lowest BCUT2D eigenvalue weighted by molar-refractivity contribution is 0.673. The number of rotatable bonds is 8. The predicted octanol–water partition coefficient (Wildman–Crippen LogP) is 16.5. The van der Waals surface area contributed by atoms with Crippen LogP contribution in [0.2, 0.25) is 0 Å². The first-order valence-electron chi connectivity index (χ1n) is 20.5. The zero-order valence-electron chi connectivity index (χ0n) is 32.9. The van der Waals surface area contributed by atoms with E-state index >= 15 is 0 Å². The van der Waals surface area contributed by atoms with Crippen molar-refractivity contribution in [2.24, 2.45) is 0 Å². The van der Waals surface area contributed by atoms with E-state index in [1.807, 2.05) is 0 Å². The van der Waals surface area contributed by atoms with E-state index in [-0.39, 0.29) is 0 Å². The van der Waals surface area contributed by atoms with Crippen molar-refractivity contribution in [3.8, 4) is 55.6 Å². The van der Waals surface area contributed by atoms with Crippen LogP contribution in [0.3, 0.4) is 0 Å². The van der Waals surface area contributed by atoms with Gasteiger partial charge < -0.3 is 9.32 Å². The van der Waals surface area contributed by atoms with Gasteiger partial charge in [-0.2, -0.15) is 0 Å². The van der Waals surface area contributed by atoms with E-state index < -0.39 is 0 Å². The van der Waals surface area contributed by atoms with Gasteiger partial charge in [0, 0.05) is 33.1 Å². The average Bonchev–Trinajstić information content (AvgIpc) is 3.73. The molecular formula is C58H39NO. The fraction of sp³-hybridized carbons (Fsp3) is 0. The van der Waals surface area contributed by atoms with Crippen LogP contribution >= 0.6 is 0 Å². The number of fused-ring (bicyclic) bond motifs is 5. The predicted molar refractivity (Wildman–Crippen MR) is 253 cm³/mol. The molecule has 2 heteroatoms. The second-order valence-corrected chi connectivity index (χ2v) is 15.2. The highest BCUT2D eigenvalue weighted by Gasteiger charge is 2.22. The van der Waals surface area contributed by atoms with Crippen molar-refractivity contribution in [1.29, 1.82) is 0 Å². The van der Waals surface area contributed by atoms with Gasteiger partial charge in [0.15, 0.2) is 0 Å². The molecule has 0 atom stereocenters. The normalized spacial score (nSPS) is 11.3. The largest absolute Gasteiger partial charge is 0.455 e. The van der Waals surface area contributed by atoms with E-state index in [1.54, 1.807) is 0 Å². The molecule has 0 N–H and O–H groups in total. The quantitative estimate of drug-likeness (QED) is 0.153. The maximum atomic E-state index is 6.63. The molecule has 10 aromatic carbocycles. The van der Waals surface area contributed by atoms with Crippen molar-refractivity contribution in [3.05, 3.63) is 237 Å². The molecule has 0 saturated heterocycles. The molecule has 0 aliphatic heterocycles. The number of para-hydroxylation sites is 1. The van der Waals surface area contributed by atoms with Crippen molar-refractivity contribution < 1.29 is 4.42 Å². The summed E-state index contributed by atoms with van der Waals surface area (Å²) < 4.78 is 6.63. The molecule has 11 aromatic rings. The topological polar surface area (TPSA) is 16.4 Å². The summed E-state index contributed by atoms with van der Waals surface area (Å²) >= 11 is 0. The minimum atomic E-state index is 0.885. The Bertz CT molecular complexity index is 3310. The number of nitrogens with zero attached hydrogens (tertiary/aromatic N) is 1. The Morgan fingerprint density at radius 2 is 0.850 bits per heavy atom. The first-order chi connectivity index (χ1) is 29.8. The molecule has 0 radical (unpaired) electrons. The van der Waals surface area contributed by atoms with Crippen LogP contribution in [0.25, 0.3) is 88.3 Å². The zero-order valence-corrected chi connectivity index (χ0v) is 32.9. The highest BCUT2D eigenvalue weighted by atomic mass is 16.3. The summed E-state index contributed by atoms with van der Waals surface area (Å²) in [5.74, 6) is 0. The minimum Gasteiger partial charge on any atom is -0.455 e. The van der Waals surface area contributed by atoms with Gasteiger partial charge in [-0.05, 0) is 97.9 Å². The second-order valence-electron chi connectivity index (χ2n) is 15.2. The summed E-state index contributed by atoms with van der Waals surface area (Å²) in [6.45, 7) is 0. The lowest BCUT2D eigenvalue weighted by Gasteiger charge is -2.29. The Hall–Kier alpha value is -7.94. The standard InChI is InChI=1S/C58H39NO/c1-3-17-40(18-4-1)41-33-36-45(37-34-41)59(46-23-15-22-44(39-46)48-30-16-32-56-57(48)54-38-35-43-21-7-8-25-49(43)58(54)60-56)55-31-14-13-29-53(55)52-28-12-11-27-51(52)50-26-10-9-24-47(50)42-19-5-2-6-20-42/h1-39H. The van der Waals surface area contributed by atoms with Gasteiger partial charge in [-0.25, -0.2) is 0 Å². The number of anilines is 3. The Morgan fingerprint density at radius 1 is 0.300 bits per heavy atom. The van der Waals surface area contributed by atoms with Crippen LogP contribution in [0.4, 0.5) is 17.1 Å². The Morgan fingerprint density at radius 3 is 1.62 bits per heavy atom. The third kappa shape index (κ3) is 6.23. The summed E-state index contributed by atoms with van der Waals surface area (Å²) in [5.41, 5.74) is 16.7. The van der Waals surface area contributed by atoms with Crippen LogP contribution < -0.4 is 4.90 Å². The fourth-order valence-electron chi connectivity index (χ4n) is 8.90. The first-order valence-corrected chi connectivity index (χ1v) is 20.5. The summed E-state index contributed by atoms with van der Waals surface area (Å²) in [7, 11) is 0. The van der Waals surface area contributed by atoms with Crippen LogP contribution in [-0.2, 0) is 0 Å². The van der Waals surface area contributed by atoms with Gasteiger partial charge in [-0.1, -0.05) is 194 Å². The van der Waals surface area contributed by atoms with Crippen LogP contribution in [0, 0.1) is 0 Å². The van der Waals surface area contributed by atoms with Crippen molar-refractivity contribution in [2.75, 3.05) is 4.90 Å². The monoisotopic (exact) mass is 765 g/mol. The van der Waals surface area contributed by atoms with Gasteiger partial charge >= 0.3 is 0 Å². The molecule has 282 valence electrons. The van der Waals surface area contributed by atoms with Crippen LogP contribution in [0.1, 0.15) is 0 Å². The van der Waals surface area contributed by atoms with Crippen LogP contribution in [0.15, 0.2) is 241 Å². The van der Waals surface area contributed by atoms with Crippen LogP contribution in [0.5, 0.6) is 0 Å². The smallest absolute Gasteiger partial charge is 0.143 e. The van der Waals surface area contributed by atoms with Crippen LogP contribution in [-0.4, -0.2) is 0 Å². The van der Waals surface area contributed by atoms with Gasteiger partial charge in [0.1, 0.15) is 11.2 Å². The molecule has 11 rings (SSSR count). The molecule has 0 saturated carbocycles. The number of hydrogen-bond acceptors (Lipinski definition) is 2. The Balaban J connectivity index is 1.10. The molecule has 0 aliphatic rings.